The van der Waals surface area contributed by atoms with E-state index in [2.05, 4.69) is 121 Å². The number of benzene rings is 2. The third kappa shape index (κ3) is 5.53. The number of nitrogens with zero attached hydrogens (tertiary/aromatic N) is 2. The molecule has 0 amide bonds. The average Bonchev–Trinajstić information content (AvgIpc) is 3.11. The molecule has 0 unspecified atom stereocenters. The molecule has 1 aliphatic carbocycles. The van der Waals surface area contributed by atoms with E-state index >= 15 is 0 Å². The van der Waals surface area contributed by atoms with E-state index in [-0.39, 0.29) is 6.17 Å². The van der Waals surface area contributed by atoms with Gasteiger partial charge in [-0.25, -0.2) is 0 Å². The third-order valence-corrected chi connectivity index (χ3v) is 7.39. The highest BCUT2D eigenvalue weighted by atomic mass is 15.4. The van der Waals surface area contributed by atoms with Gasteiger partial charge in [0.05, 0.1) is 0 Å². The topological polar surface area (TPSA) is 6.48 Å². The van der Waals surface area contributed by atoms with E-state index in [0.29, 0.717) is 23.7 Å². The average molecular weight is 461 g/mol. The Labute approximate surface area is 210 Å². The summed E-state index contributed by atoms with van der Waals surface area (Å²) in [4.78, 5) is 4.98. The van der Waals surface area contributed by atoms with Crippen molar-refractivity contribution in [2.75, 3.05) is 9.80 Å². The Morgan fingerprint density at radius 2 is 0.794 bits per heavy atom. The van der Waals surface area contributed by atoms with Gasteiger partial charge in [-0.05, 0) is 52.8 Å². The largest absolute Gasteiger partial charge is 0.325 e. The molecular formula is C32H48N2. The van der Waals surface area contributed by atoms with Gasteiger partial charge in [0.15, 0.2) is 0 Å². The summed E-state index contributed by atoms with van der Waals surface area (Å²) in [6, 6.07) is 13.7. The first-order valence-electron chi connectivity index (χ1n) is 13.7. The molecule has 1 heterocycles. The summed E-state index contributed by atoms with van der Waals surface area (Å²) in [5.74, 6) is 1.95. The van der Waals surface area contributed by atoms with Crippen LogP contribution in [-0.4, -0.2) is 6.17 Å². The highest BCUT2D eigenvalue weighted by molar-refractivity contribution is 5.71. The van der Waals surface area contributed by atoms with E-state index in [1.54, 1.807) is 0 Å². The fourth-order valence-electron chi connectivity index (χ4n) is 4.92. The quantitative estimate of drug-likeness (QED) is 0.423. The van der Waals surface area contributed by atoms with Gasteiger partial charge in [-0.1, -0.05) is 117 Å². The fourth-order valence-corrected chi connectivity index (χ4v) is 4.92. The first kappa shape index (κ1) is 26.4. The highest BCUT2D eigenvalue weighted by Gasteiger charge is 2.31. The van der Waals surface area contributed by atoms with Crippen molar-refractivity contribution in [2.24, 2.45) is 0 Å². The summed E-state index contributed by atoms with van der Waals surface area (Å²) < 4.78 is 0. The molecule has 2 heteroatoms. The smallest absolute Gasteiger partial charge is 0.107 e. The Bertz CT molecular complexity index is 833. The molecule has 2 aromatic carbocycles. The molecule has 2 aromatic rings. The lowest BCUT2D eigenvalue weighted by Crippen LogP contribution is -2.38. The maximum absolute atomic E-state index is 2.49. The first-order chi connectivity index (χ1) is 16.1. The Kier molecular flexibility index (Phi) is 8.90. The molecule has 1 aliphatic heterocycles. The molecule has 0 radical (unpaired) electrons. The van der Waals surface area contributed by atoms with Gasteiger partial charge in [0, 0.05) is 23.8 Å². The van der Waals surface area contributed by atoms with Crippen LogP contribution in [0, 0.1) is 0 Å². The van der Waals surface area contributed by atoms with Crippen molar-refractivity contribution >= 4 is 11.4 Å². The van der Waals surface area contributed by atoms with Gasteiger partial charge in [-0.15, -0.1) is 0 Å². The Hall–Kier alpha value is -2.22. The van der Waals surface area contributed by atoms with Gasteiger partial charge in [-0.2, -0.15) is 0 Å². The monoisotopic (exact) mass is 460 g/mol. The van der Waals surface area contributed by atoms with E-state index in [0.717, 1.165) is 0 Å². The summed E-state index contributed by atoms with van der Waals surface area (Å²) >= 11 is 0. The van der Waals surface area contributed by atoms with Crippen LogP contribution in [0.5, 0.6) is 0 Å². The van der Waals surface area contributed by atoms with Crippen molar-refractivity contribution in [1.82, 2.24) is 0 Å². The van der Waals surface area contributed by atoms with Crippen LogP contribution in [-0.2, 0) is 0 Å². The number of hydrogen-bond acceptors (Lipinski definition) is 2. The van der Waals surface area contributed by atoms with Crippen molar-refractivity contribution < 1.29 is 0 Å². The molecule has 0 saturated heterocycles. The first-order valence-corrected chi connectivity index (χ1v) is 13.7. The normalized spacial score (nSPS) is 16.0. The summed E-state index contributed by atoms with van der Waals surface area (Å²) in [5, 5.41) is 0. The van der Waals surface area contributed by atoms with Crippen molar-refractivity contribution in [2.45, 2.75) is 118 Å². The van der Waals surface area contributed by atoms with Crippen molar-refractivity contribution in [1.29, 1.82) is 0 Å². The van der Waals surface area contributed by atoms with E-state index in [9.17, 15) is 0 Å². The summed E-state index contributed by atoms with van der Waals surface area (Å²) in [5.41, 5.74) is 8.51. The zero-order valence-electron chi connectivity index (χ0n) is 23.2. The summed E-state index contributed by atoms with van der Waals surface area (Å²) in [7, 11) is 0. The molecule has 0 aromatic heterocycles. The molecule has 0 bridgehead atoms. The minimum atomic E-state index is 0.236. The second-order valence-electron chi connectivity index (χ2n) is 11.3. The van der Waals surface area contributed by atoms with E-state index in [4.69, 9.17) is 0 Å². The minimum Gasteiger partial charge on any atom is -0.325 e. The zero-order chi connectivity index (χ0) is 25.0. The van der Waals surface area contributed by atoms with Crippen molar-refractivity contribution in [3.8, 4) is 0 Å². The third-order valence-electron chi connectivity index (χ3n) is 7.39. The number of hydrogen-bond donors (Lipinski definition) is 0. The number of rotatable bonds is 6. The van der Waals surface area contributed by atoms with E-state index in [1.165, 1.54) is 59.3 Å². The van der Waals surface area contributed by atoms with Crippen LogP contribution in [0.3, 0.4) is 0 Å². The Morgan fingerprint density at radius 3 is 1.00 bits per heavy atom. The Morgan fingerprint density at radius 1 is 0.529 bits per heavy atom. The zero-order valence-corrected chi connectivity index (χ0v) is 23.2. The lowest BCUT2D eigenvalue weighted by Gasteiger charge is -2.36. The van der Waals surface area contributed by atoms with Crippen LogP contribution >= 0.6 is 0 Å². The van der Waals surface area contributed by atoms with Crippen molar-refractivity contribution in [3.05, 3.63) is 71.1 Å². The highest BCUT2D eigenvalue weighted by Crippen LogP contribution is 2.42. The van der Waals surface area contributed by atoms with Gasteiger partial charge in [-0.3, -0.25) is 0 Å². The summed E-state index contributed by atoms with van der Waals surface area (Å²) in [6.45, 7) is 20.7. The van der Waals surface area contributed by atoms with Gasteiger partial charge in [0.25, 0.3) is 0 Å². The fraction of sp³-hybridized carbons (Fsp3) is 0.562. The molecule has 0 atom stereocenters. The lowest BCUT2D eigenvalue weighted by atomic mass is 9.91. The van der Waals surface area contributed by atoms with Crippen molar-refractivity contribution in [3.63, 3.8) is 0 Å². The van der Waals surface area contributed by atoms with Crippen LogP contribution < -0.4 is 9.80 Å². The summed E-state index contributed by atoms with van der Waals surface area (Å²) in [6.07, 6.45) is 10.8. The lowest BCUT2D eigenvalue weighted by molar-refractivity contribution is 0.504. The van der Waals surface area contributed by atoms with Gasteiger partial charge in [0.2, 0.25) is 0 Å². The molecule has 1 fully saturated rings. The van der Waals surface area contributed by atoms with Crippen LogP contribution in [0.1, 0.15) is 134 Å². The molecule has 2 nitrogen and oxygen atoms in total. The predicted molar refractivity (Wildman–Crippen MR) is 151 cm³/mol. The minimum absolute atomic E-state index is 0.236. The SMILES string of the molecule is C1CCC1.CC(C)c1cccc(C(C)C)c1N1C=CN(c2c(C(C)C)cccc2C(C)C)C1C. The van der Waals surface area contributed by atoms with Crippen LogP contribution in [0.15, 0.2) is 48.8 Å². The van der Waals surface area contributed by atoms with Crippen LogP contribution in [0.4, 0.5) is 11.4 Å². The van der Waals surface area contributed by atoms with Crippen LogP contribution in [0.2, 0.25) is 0 Å². The van der Waals surface area contributed by atoms with Crippen LogP contribution in [0.25, 0.3) is 0 Å². The number of anilines is 2. The van der Waals surface area contributed by atoms with Gasteiger partial charge in [0.1, 0.15) is 6.17 Å². The number of para-hydroxylation sites is 2. The molecule has 34 heavy (non-hydrogen) atoms. The maximum Gasteiger partial charge on any atom is 0.107 e. The van der Waals surface area contributed by atoms with E-state index < -0.39 is 0 Å². The molecular weight excluding hydrogens is 412 g/mol. The molecule has 186 valence electrons. The molecule has 0 spiro atoms. The Balaban J connectivity index is 0.000000732. The molecule has 1 saturated carbocycles. The van der Waals surface area contributed by atoms with E-state index in [1.807, 2.05) is 0 Å². The molecule has 2 aliphatic rings. The maximum atomic E-state index is 2.49. The second kappa shape index (κ2) is 11.5. The van der Waals surface area contributed by atoms with Gasteiger partial charge < -0.3 is 9.80 Å². The molecule has 0 N–H and O–H groups in total. The standard InChI is InChI=1S/C28H40N2.C4H8/c1-18(2)23-12-10-13-24(19(3)4)27(23)29-16-17-30(22(29)9)28-25(20(5)6)14-11-15-26(28)21(7)8;1-2-4-3-1/h10-22H,1-9H3;1-4H2. The van der Waals surface area contributed by atoms with Gasteiger partial charge >= 0.3 is 0 Å². The molecule has 4 rings (SSSR count). The second-order valence-corrected chi connectivity index (χ2v) is 11.3. The predicted octanol–water partition coefficient (Wildman–Crippen LogP) is 9.88.